The molecule has 32 heavy (non-hydrogen) atoms. The fourth-order valence-electron chi connectivity index (χ4n) is 3.97. The van der Waals surface area contributed by atoms with Crippen molar-refractivity contribution in [1.29, 1.82) is 0 Å². The van der Waals surface area contributed by atoms with Gasteiger partial charge < -0.3 is 4.98 Å². The number of aryl methyl sites for hydroxylation is 1. The van der Waals surface area contributed by atoms with Gasteiger partial charge in [-0.15, -0.1) is 0 Å². The van der Waals surface area contributed by atoms with Crippen molar-refractivity contribution in [3.05, 3.63) is 78.8 Å². The molecule has 5 aromatic heterocycles. The van der Waals surface area contributed by atoms with E-state index in [1.807, 2.05) is 37.3 Å². The van der Waals surface area contributed by atoms with E-state index in [1.54, 1.807) is 37.1 Å². The van der Waals surface area contributed by atoms with Crippen LogP contribution in [0.4, 0.5) is 4.39 Å². The lowest BCUT2D eigenvalue weighted by atomic mass is 10.00. The third kappa shape index (κ3) is 2.77. The van der Waals surface area contributed by atoms with Crippen LogP contribution in [0.1, 0.15) is 5.56 Å². The van der Waals surface area contributed by atoms with Crippen LogP contribution in [-0.2, 0) is 0 Å². The average molecular weight is 421 g/mol. The Morgan fingerprint density at radius 1 is 0.812 bits per heavy atom. The van der Waals surface area contributed by atoms with Gasteiger partial charge in [0.05, 0.1) is 22.1 Å². The molecule has 0 atom stereocenters. The van der Waals surface area contributed by atoms with Crippen LogP contribution in [0.5, 0.6) is 0 Å². The number of fused-ring (bicyclic) bond motifs is 2. The van der Waals surface area contributed by atoms with Gasteiger partial charge in [-0.2, -0.15) is 5.10 Å². The highest BCUT2D eigenvalue weighted by Crippen LogP contribution is 2.35. The Hall–Kier alpha value is -4.46. The van der Waals surface area contributed by atoms with Gasteiger partial charge in [0.2, 0.25) is 0 Å². The first-order valence-corrected chi connectivity index (χ1v) is 10.0. The Kier molecular flexibility index (Phi) is 4.04. The molecule has 8 heteroatoms. The fourth-order valence-corrected chi connectivity index (χ4v) is 3.97. The number of rotatable bonds is 3. The van der Waals surface area contributed by atoms with Gasteiger partial charge in [0.1, 0.15) is 17.0 Å². The summed E-state index contributed by atoms with van der Waals surface area (Å²) >= 11 is 0. The van der Waals surface area contributed by atoms with E-state index in [9.17, 15) is 0 Å². The lowest BCUT2D eigenvalue weighted by Crippen LogP contribution is -1.91. The van der Waals surface area contributed by atoms with Crippen molar-refractivity contribution in [3.63, 3.8) is 0 Å². The quantitative estimate of drug-likeness (QED) is 0.416. The van der Waals surface area contributed by atoms with Crippen molar-refractivity contribution in [2.45, 2.75) is 6.92 Å². The largest absolute Gasteiger partial charge is 0.336 e. The number of pyridine rings is 3. The minimum atomic E-state index is -0.365. The molecule has 2 N–H and O–H groups in total. The molecule has 0 amide bonds. The minimum absolute atomic E-state index is 0.365. The Bertz CT molecular complexity index is 1600. The van der Waals surface area contributed by atoms with Gasteiger partial charge >= 0.3 is 0 Å². The van der Waals surface area contributed by atoms with Crippen LogP contribution in [0.2, 0.25) is 0 Å². The van der Waals surface area contributed by atoms with Gasteiger partial charge in [0.25, 0.3) is 0 Å². The molecule has 0 saturated carbocycles. The van der Waals surface area contributed by atoms with E-state index in [-0.39, 0.29) is 5.82 Å². The molecule has 0 radical (unpaired) electrons. The second kappa shape index (κ2) is 7.05. The summed E-state index contributed by atoms with van der Waals surface area (Å²) in [5.41, 5.74) is 6.26. The molecule has 0 unspecified atom stereocenters. The predicted molar refractivity (Wildman–Crippen MR) is 120 cm³/mol. The first-order chi connectivity index (χ1) is 15.7. The second-order valence-corrected chi connectivity index (χ2v) is 7.49. The van der Waals surface area contributed by atoms with Crippen LogP contribution < -0.4 is 0 Å². The van der Waals surface area contributed by atoms with E-state index in [4.69, 9.17) is 4.98 Å². The zero-order chi connectivity index (χ0) is 21.7. The Morgan fingerprint density at radius 2 is 1.66 bits per heavy atom. The summed E-state index contributed by atoms with van der Waals surface area (Å²) in [6.07, 6.45) is 8.51. The monoisotopic (exact) mass is 421 g/mol. The van der Waals surface area contributed by atoms with E-state index in [0.29, 0.717) is 33.5 Å². The van der Waals surface area contributed by atoms with Crippen molar-refractivity contribution in [1.82, 2.24) is 35.1 Å². The number of nitrogens with zero attached hydrogens (tertiary/aromatic N) is 5. The molecular formula is C24H16FN7. The third-order valence-corrected chi connectivity index (χ3v) is 5.58. The molecule has 0 fully saturated rings. The summed E-state index contributed by atoms with van der Waals surface area (Å²) in [5, 5.41) is 7.68. The number of hydrogen-bond acceptors (Lipinski definition) is 5. The van der Waals surface area contributed by atoms with Crippen LogP contribution in [0.15, 0.2) is 67.4 Å². The number of nitrogens with one attached hydrogen (secondary N) is 2. The number of H-pyrrole nitrogens is 2. The Labute approximate surface area is 181 Å². The number of imidazole rings is 1. The molecule has 1 aromatic carbocycles. The summed E-state index contributed by atoms with van der Waals surface area (Å²) in [5.74, 6) is 0.101. The zero-order valence-corrected chi connectivity index (χ0v) is 17.0. The van der Waals surface area contributed by atoms with Crippen molar-refractivity contribution in [2.75, 3.05) is 0 Å². The number of aromatic nitrogens is 7. The van der Waals surface area contributed by atoms with Crippen LogP contribution >= 0.6 is 0 Å². The topological polar surface area (TPSA) is 96.0 Å². The number of benzene rings is 1. The maximum Gasteiger partial charge on any atom is 0.159 e. The molecule has 154 valence electrons. The second-order valence-electron chi connectivity index (χ2n) is 7.49. The van der Waals surface area contributed by atoms with Crippen LogP contribution in [-0.4, -0.2) is 35.1 Å². The normalized spacial score (nSPS) is 11.4. The average Bonchev–Trinajstić information content (AvgIpc) is 3.45. The van der Waals surface area contributed by atoms with Crippen molar-refractivity contribution in [2.24, 2.45) is 0 Å². The van der Waals surface area contributed by atoms with E-state index in [1.165, 1.54) is 0 Å². The van der Waals surface area contributed by atoms with E-state index >= 15 is 4.39 Å². The zero-order valence-electron chi connectivity index (χ0n) is 17.0. The van der Waals surface area contributed by atoms with Gasteiger partial charge in [-0.25, -0.2) is 9.37 Å². The first kappa shape index (κ1) is 18.3. The summed E-state index contributed by atoms with van der Waals surface area (Å²) < 4.78 is 15.8. The highest BCUT2D eigenvalue weighted by atomic mass is 19.1. The van der Waals surface area contributed by atoms with E-state index in [2.05, 4.69) is 30.1 Å². The fraction of sp³-hybridized carbons (Fsp3) is 0.0417. The third-order valence-electron chi connectivity index (χ3n) is 5.58. The smallest absolute Gasteiger partial charge is 0.159 e. The Morgan fingerprint density at radius 3 is 2.50 bits per heavy atom. The van der Waals surface area contributed by atoms with Gasteiger partial charge in [-0.1, -0.05) is 0 Å². The lowest BCUT2D eigenvalue weighted by Gasteiger charge is -2.07. The van der Waals surface area contributed by atoms with Crippen molar-refractivity contribution < 1.29 is 4.39 Å². The van der Waals surface area contributed by atoms with Crippen molar-refractivity contribution in [3.8, 4) is 33.9 Å². The number of aromatic amines is 2. The molecule has 0 spiro atoms. The first-order valence-electron chi connectivity index (χ1n) is 10.0. The molecule has 0 aliphatic heterocycles. The van der Waals surface area contributed by atoms with Crippen molar-refractivity contribution >= 4 is 21.9 Å². The molecule has 6 rings (SSSR count). The van der Waals surface area contributed by atoms with Gasteiger partial charge in [0.15, 0.2) is 5.82 Å². The Balaban J connectivity index is 1.56. The number of hydrogen-bond donors (Lipinski definition) is 2. The van der Waals surface area contributed by atoms with Gasteiger partial charge in [0, 0.05) is 47.7 Å². The lowest BCUT2D eigenvalue weighted by molar-refractivity contribution is 0.643. The van der Waals surface area contributed by atoms with Crippen LogP contribution in [0, 0.1) is 12.7 Å². The molecule has 0 bridgehead atoms. The highest BCUT2D eigenvalue weighted by Gasteiger charge is 2.21. The summed E-state index contributed by atoms with van der Waals surface area (Å²) in [6.45, 7) is 1.93. The summed E-state index contributed by atoms with van der Waals surface area (Å²) in [4.78, 5) is 20.7. The molecular weight excluding hydrogens is 405 g/mol. The van der Waals surface area contributed by atoms with Crippen LogP contribution in [0.25, 0.3) is 55.8 Å². The molecule has 5 heterocycles. The van der Waals surface area contributed by atoms with Gasteiger partial charge in [-0.3, -0.25) is 20.1 Å². The molecule has 0 aliphatic rings. The van der Waals surface area contributed by atoms with E-state index in [0.717, 1.165) is 27.9 Å². The van der Waals surface area contributed by atoms with Gasteiger partial charge in [-0.05, 0) is 48.9 Å². The standard InChI is InChI=1S/C24H16FN7/c1-13-4-8-27-12-16(13)15-2-3-17-19(20(15)25)23(32-31-17)24-29-18-7-11-28-21(22(18)30-24)14-5-9-26-10-6-14/h2-12H,1H3,(H,29,30)(H,31,32). The molecule has 0 aliphatic carbocycles. The maximum atomic E-state index is 15.8. The SMILES string of the molecule is Cc1ccncc1-c1ccc2[nH]nc(-c3nc4c(-c5ccncc5)nccc4[nH]3)c2c1F. The molecule has 0 saturated heterocycles. The van der Waals surface area contributed by atoms with Crippen LogP contribution in [0.3, 0.4) is 0 Å². The predicted octanol–water partition coefficient (Wildman–Crippen LogP) is 5.07. The minimum Gasteiger partial charge on any atom is -0.336 e. The highest BCUT2D eigenvalue weighted by molar-refractivity contribution is 5.98. The maximum absolute atomic E-state index is 15.8. The summed E-state index contributed by atoms with van der Waals surface area (Å²) in [7, 11) is 0. The number of halogens is 1. The molecule has 6 aromatic rings. The summed E-state index contributed by atoms with van der Waals surface area (Å²) in [6, 6.07) is 11.0. The molecule has 7 nitrogen and oxygen atoms in total. The van der Waals surface area contributed by atoms with E-state index < -0.39 is 0 Å².